The van der Waals surface area contributed by atoms with E-state index in [0.29, 0.717) is 17.1 Å². The molecule has 0 spiro atoms. The van der Waals surface area contributed by atoms with Gasteiger partial charge in [-0.15, -0.1) is 0 Å². The highest BCUT2D eigenvalue weighted by Gasteiger charge is 2.17. The van der Waals surface area contributed by atoms with E-state index in [0.717, 1.165) is 29.4 Å². The maximum atomic E-state index is 12.7. The summed E-state index contributed by atoms with van der Waals surface area (Å²) >= 11 is 0. The van der Waals surface area contributed by atoms with E-state index in [9.17, 15) is 9.59 Å². The van der Waals surface area contributed by atoms with Crippen LogP contribution >= 0.6 is 0 Å². The number of hydrogen-bond acceptors (Lipinski definition) is 4. The number of aryl methyl sites for hydroxylation is 2. The second-order valence-corrected chi connectivity index (χ2v) is 8.19. The molecule has 3 aromatic carbocycles. The molecule has 6 heteroatoms. The van der Waals surface area contributed by atoms with Crippen molar-refractivity contribution in [1.29, 1.82) is 0 Å². The molecule has 4 aromatic rings. The third-order valence-corrected chi connectivity index (χ3v) is 5.76. The minimum absolute atomic E-state index is 0.127. The summed E-state index contributed by atoms with van der Waals surface area (Å²) in [5, 5.41) is 6.68. The first kappa shape index (κ1) is 20.8. The zero-order chi connectivity index (χ0) is 22.6. The Hall–Kier alpha value is -4.06. The van der Waals surface area contributed by atoms with Crippen LogP contribution in [0, 0.1) is 0 Å². The van der Waals surface area contributed by atoms with Gasteiger partial charge in [-0.3, -0.25) is 9.59 Å². The van der Waals surface area contributed by atoms with Gasteiger partial charge in [-0.1, -0.05) is 24.3 Å². The van der Waals surface area contributed by atoms with Crippen molar-refractivity contribution in [3.05, 3.63) is 89.7 Å². The third kappa shape index (κ3) is 4.90. The summed E-state index contributed by atoms with van der Waals surface area (Å²) in [6, 6.07) is 20.5. The van der Waals surface area contributed by atoms with Gasteiger partial charge in [-0.25, -0.2) is 0 Å². The number of nitrogens with one attached hydrogen (secondary N) is 2. The van der Waals surface area contributed by atoms with Crippen molar-refractivity contribution in [2.24, 2.45) is 0 Å². The number of carbonyl (C=O) groups is 2. The van der Waals surface area contributed by atoms with E-state index < -0.39 is 0 Å². The van der Waals surface area contributed by atoms with Crippen molar-refractivity contribution in [2.75, 3.05) is 17.2 Å². The number of carbonyl (C=O) groups excluding carboxylic acids is 2. The van der Waals surface area contributed by atoms with Crippen LogP contribution in [0.25, 0.3) is 11.0 Å². The number of ether oxygens (including phenoxy) is 1. The first-order valence-electron chi connectivity index (χ1n) is 11.0. The first-order valence-corrected chi connectivity index (χ1v) is 11.0. The van der Waals surface area contributed by atoms with Crippen LogP contribution in [0.2, 0.25) is 0 Å². The maximum absolute atomic E-state index is 12.7. The number of fused-ring (bicyclic) bond motifs is 2. The Labute approximate surface area is 191 Å². The van der Waals surface area contributed by atoms with E-state index in [1.54, 1.807) is 30.5 Å². The van der Waals surface area contributed by atoms with E-state index in [4.69, 9.17) is 9.15 Å². The minimum atomic E-state index is -0.256. The molecule has 166 valence electrons. The highest BCUT2D eigenvalue weighted by atomic mass is 16.5. The number of hydrogen-bond donors (Lipinski definition) is 2. The summed E-state index contributed by atoms with van der Waals surface area (Å²) in [5.74, 6) is 0.103. The van der Waals surface area contributed by atoms with Crippen LogP contribution in [0.3, 0.4) is 0 Å². The SMILES string of the molecule is O=C(COc1cccc(NC(=O)Cc2coc3cc4c(cc23)CCC4)c1)Nc1ccccc1. The Morgan fingerprint density at radius 3 is 2.45 bits per heavy atom. The highest BCUT2D eigenvalue weighted by Crippen LogP contribution is 2.30. The lowest BCUT2D eigenvalue weighted by Gasteiger charge is -2.10. The number of rotatable bonds is 7. The lowest BCUT2D eigenvalue weighted by atomic mass is 10.0. The Kier molecular flexibility index (Phi) is 5.81. The van der Waals surface area contributed by atoms with Crippen LogP contribution < -0.4 is 15.4 Å². The van der Waals surface area contributed by atoms with Crippen LogP contribution in [0.15, 0.2) is 77.4 Å². The molecular formula is C27H24N2O4. The van der Waals surface area contributed by atoms with Gasteiger partial charge in [0, 0.05) is 28.4 Å². The maximum Gasteiger partial charge on any atom is 0.262 e. The van der Waals surface area contributed by atoms with Crippen LogP contribution in [0.1, 0.15) is 23.1 Å². The molecule has 0 radical (unpaired) electrons. The van der Waals surface area contributed by atoms with Gasteiger partial charge < -0.3 is 19.8 Å². The summed E-state index contributed by atoms with van der Waals surface area (Å²) in [5.41, 5.74) is 5.73. The van der Waals surface area contributed by atoms with Gasteiger partial charge >= 0.3 is 0 Å². The minimum Gasteiger partial charge on any atom is -0.484 e. The summed E-state index contributed by atoms with van der Waals surface area (Å²) < 4.78 is 11.3. The Bertz CT molecular complexity index is 1310. The van der Waals surface area contributed by atoms with Crippen LogP contribution in [-0.2, 0) is 28.9 Å². The van der Waals surface area contributed by atoms with E-state index in [-0.39, 0.29) is 24.8 Å². The predicted molar refractivity (Wildman–Crippen MR) is 128 cm³/mol. The smallest absolute Gasteiger partial charge is 0.262 e. The quantitative estimate of drug-likeness (QED) is 0.418. The van der Waals surface area contributed by atoms with Crippen LogP contribution in [0.5, 0.6) is 5.75 Å². The van der Waals surface area contributed by atoms with Crippen LogP contribution in [0.4, 0.5) is 11.4 Å². The fraction of sp³-hybridized carbons (Fsp3) is 0.185. The molecule has 1 aliphatic carbocycles. The number of para-hydroxylation sites is 1. The largest absolute Gasteiger partial charge is 0.484 e. The summed E-state index contributed by atoms with van der Waals surface area (Å²) in [6.07, 6.45) is 5.23. The monoisotopic (exact) mass is 440 g/mol. The lowest BCUT2D eigenvalue weighted by molar-refractivity contribution is -0.118. The summed E-state index contributed by atoms with van der Waals surface area (Å²) in [4.78, 5) is 24.8. The Morgan fingerprint density at radius 2 is 1.61 bits per heavy atom. The zero-order valence-corrected chi connectivity index (χ0v) is 18.1. The van der Waals surface area contributed by atoms with Gasteiger partial charge in [-0.2, -0.15) is 0 Å². The standard InChI is InChI=1S/C27H24N2O4/c30-26(14-20-16-33-25-13-19-7-4-6-18(19)12-24(20)25)29-22-10-5-11-23(15-22)32-17-27(31)28-21-8-2-1-3-9-21/h1-3,5,8-13,15-16H,4,6-7,14,17H2,(H,28,31)(H,29,30). The van der Waals surface area contributed by atoms with Gasteiger partial charge in [0.1, 0.15) is 11.3 Å². The number of benzene rings is 3. The fourth-order valence-corrected chi connectivity index (χ4v) is 4.19. The van der Waals surface area contributed by atoms with E-state index >= 15 is 0 Å². The molecule has 0 saturated heterocycles. The Balaban J connectivity index is 1.19. The Morgan fingerprint density at radius 1 is 0.848 bits per heavy atom. The molecule has 0 atom stereocenters. The van der Waals surface area contributed by atoms with Crippen molar-refractivity contribution < 1.29 is 18.7 Å². The van der Waals surface area contributed by atoms with Crippen LogP contribution in [-0.4, -0.2) is 18.4 Å². The summed E-state index contributed by atoms with van der Waals surface area (Å²) in [7, 11) is 0. The lowest BCUT2D eigenvalue weighted by Crippen LogP contribution is -2.20. The molecule has 0 aliphatic heterocycles. The number of amides is 2. The molecule has 0 unspecified atom stereocenters. The van der Waals surface area contributed by atoms with E-state index in [1.807, 2.05) is 30.3 Å². The average Bonchev–Trinajstić information content (AvgIpc) is 3.43. The fourth-order valence-electron chi connectivity index (χ4n) is 4.19. The van der Waals surface area contributed by atoms with Crippen molar-refractivity contribution in [3.63, 3.8) is 0 Å². The van der Waals surface area contributed by atoms with Gasteiger partial charge in [0.05, 0.1) is 12.7 Å². The van der Waals surface area contributed by atoms with Crippen molar-refractivity contribution in [2.45, 2.75) is 25.7 Å². The topological polar surface area (TPSA) is 80.6 Å². The molecule has 33 heavy (non-hydrogen) atoms. The van der Waals surface area contributed by atoms with Gasteiger partial charge in [0.15, 0.2) is 6.61 Å². The van der Waals surface area contributed by atoms with Gasteiger partial charge in [0.25, 0.3) is 5.91 Å². The molecular weight excluding hydrogens is 416 g/mol. The molecule has 0 fully saturated rings. The molecule has 1 aliphatic rings. The molecule has 6 nitrogen and oxygen atoms in total. The van der Waals surface area contributed by atoms with Crippen molar-refractivity contribution >= 4 is 34.2 Å². The molecule has 0 saturated carbocycles. The molecule has 0 bridgehead atoms. The average molecular weight is 440 g/mol. The zero-order valence-electron chi connectivity index (χ0n) is 18.1. The van der Waals surface area contributed by atoms with Crippen molar-refractivity contribution in [1.82, 2.24) is 0 Å². The number of furan rings is 1. The molecule has 1 aromatic heterocycles. The van der Waals surface area contributed by atoms with Crippen molar-refractivity contribution in [3.8, 4) is 5.75 Å². The van der Waals surface area contributed by atoms with E-state index in [2.05, 4.69) is 22.8 Å². The highest BCUT2D eigenvalue weighted by molar-refractivity contribution is 5.96. The molecule has 2 amide bonds. The summed E-state index contributed by atoms with van der Waals surface area (Å²) in [6.45, 7) is -0.127. The van der Waals surface area contributed by atoms with E-state index in [1.165, 1.54) is 17.5 Å². The number of anilines is 2. The molecule has 2 N–H and O–H groups in total. The molecule has 1 heterocycles. The van der Waals surface area contributed by atoms with Gasteiger partial charge in [0.2, 0.25) is 5.91 Å². The second-order valence-electron chi connectivity index (χ2n) is 8.19. The second kappa shape index (κ2) is 9.20. The third-order valence-electron chi connectivity index (χ3n) is 5.76. The van der Waals surface area contributed by atoms with Gasteiger partial charge in [-0.05, 0) is 66.8 Å². The normalized spacial score (nSPS) is 12.4. The first-order chi connectivity index (χ1) is 16.1. The molecule has 5 rings (SSSR count). The predicted octanol–water partition coefficient (Wildman–Crippen LogP) is 5.12.